The van der Waals surface area contributed by atoms with E-state index in [1.807, 2.05) is 12.1 Å². The van der Waals surface area contributed by atoms with Crippen molar-refractivity contribution in [2.24, 2.45) is 0 Å². The van der Waals surface area contributed by atoms with E-state index in [4.69, 9.17) is 0 Å². The van der Waals surface area contributed by atoms with Crippen LogP contribution in [0, 0.1) is 0 Å². The number of aromatic nitrogens is 3. The summed E-state index contributed by atoms with van der Waals surface area (Å²) in [5.74, 6) is 0.663. The Labute approximate surface area is 181 Å². The smallest absolute Gasteiger partial charge is 0.325 e. The molecular weight excluding hydrogens is 456 g/mol. The quantitative estimate of drug-likeness (QED) is 0.613. The fraction of sp³-hybridized carbons (Fsp3) is 0.474. The molecule has 3 amide bonds. The highest BCUT2D eigenvalue weighted by atomic mass is 79.9. The lowest BCUT2D eigenvalue weighted by Gasteiger charge is -2.27. The molecule has 2 fully saturated rings. The molecule has 154 valence electrons. The van der Waals surface area contributed by atoms with Gasteiger partial charge in [0.1, 0.15) is 0 Å². The number of hydrogen-bond donors (Lipinski definition) is 2. The first-order valence-corrected chi connectivity index (χ1v) is 11.6. The SMILES string of the molecule is O=C(CSc1nnc(N2CCCCC2)n1C1CC1)NC(=O)Nc1ccc(Br)cc1. The number of carbonyl (C=O) groups is 2. The average molecular weight is 479 g/mol. The van der Waals surface area contributed by atoms with Crippen LogP contribution in [-0.2, 0) is 4.79 Å². The second-order valence-electron chi connectivity index (χ2n) is 7.23. The van der Waals surface area contributed by atoms with Crippen molar-refractivity contribution in [2.75, 3.05) is 29.1 Å². The van der Waals surface area contributed by atoms with Crippen LogP contribution in [0.5, 0.6) is 0 Å². The van der Waals surface area contributed by atoms with Crippen molar-refractivity contribution in [1.29, 1.82) is 0 Å². The summed E-state index contributed by atoms with van der Waals surface area (Å²) in [6.45, 7) is 2.01. The standard InChI is InChI=1S/C19H23BrN6O2S/c20-13-4-6-14(7-5-13)21-17(28)22-16(27)12-29-19-24-23-18(26(19)15-8-9-15)25-10-2-1-3-11-25/h4-7,15H,1-3,8-12H2,(H2,21,22,27,28). The number of imide groups is 1. The average Bonchev–Trinajstić information content (AvgIpc) is 3.47. The summed E-state index contributed by atoms with van der Waals surface area (Å²) in [6.07, 6.45) is 5.85. The highest BCUT2D eigenvalue weighted by Crippen LogP contribution is 2.41. The van der Waals surface area contributed by atoms with Gasteiger partial charge in [0.2, 0.25) is 11.9 Å². The Morgan fingerprint density at radius 2 is 1.83 bits per heavy atom. The molecule has 29 heavy (non-hydrogen) atoms. The molecule has 1 aromatic heterocycles. The summed E-state index contributed by atoms with van der Waals surface area (Å²) in [6, 6.07) is 7.02. The van der Waals surface area contributed by atoms with Gasteiger partial charge in [0, 0.05) is 29.3 Å². The maximum atomic E-state index is 12.2. The molecule has 0 radical (unpaired) electrons. The van der Waals surface area contributed by atoms with E-state index in [2.05, 4.69) is 46.2 Å². The van der Waals surface area contributed by atoms with Crippen LogP contribution in [0.25, 0.3) is 0 Å². The molecule has 1 saturated carbocycles. The number of anilines is 2. The molecule has 1 saturated heterocycles. The molecule has 0 bridgehead atoms. The third-order valence-electron chi connectivity index (χ3n) is 4.88. The van der Waals surface area contributed by atoms with Crippen LogP contribution < -0.4 is 15.5 Å². The van der Waals surface area contributed by atoms with Crippen LogP contribution in [0.4, 0.5) is 16.4 Å². The van der Waals surface area contributed by atoms with Crippen LogP contribution >= 0.6 is 27.7 Å². The van der Waals surface area contributed by atoms with Crippen LogP contribution in [0.15, 0.2) is 33.9 Å². The van der Waals surface area contributed by atoms with Crippen LogP contribution in [-0.4, -0.2) is 45.5 Å². The molecule has 0 unspecified atom stereocenters. The Bertz CT molecular complexity index is 877. The zero-order chi connectivity index (χ0) is 20.2. The molecule has 8 nitrogen and oxygen atoms in total. The number of piperidine rings is 1. The van der Waals surface area contributed by atoms with Gasteiger partial charge in [0.25, 0.3) is 0 Å². The number of rotatable bonds is 6. The molecule has 4 rings (SSSR count). The molecule has 1 aliphatic heterocycles. The monoisotopic (exact) mass is 478 g/mol. The third-order valence-corrected chi connectivity index (χ3v) is 6.36. The molecule has 0 spiro atoms. The van der Waals surface area contributed by atoms with E-state index in [1.165, 1.54) is 31.0 Å². The Kier molecular flexibility index (Phi) is 6.39. The Morgan fingerprint density at radius 3 is 2.52 bits per heavy atom. The maximum Gasteiger partial charge on any atom is 0.325 e. The molecule has 2 aromatic rings. The molecule has 2 N–H and O–H groups in total. The number of halogens is 1. The summed E-state index contributed by atoms with van der Waals surface area (Å²) >= 11 is 4.66. The van der Waals surface area contributed by atoms with Crippen molar-refractivity contribution in [1.82, 2.24) is 20.1 Å². The largest absolute Gasteiger partial charge is 0.341 e. The summed E-state index contributed by atoms with van der Waals surface area (Å²) < 4.78 is 3.09. The highest BCUT2D eigenvalue weighted by molar-refractivity contribution is 9.10. The summed E-state index contributed by atoms with van der Waals surface area (Å²) in [7, 11) is 0. The lowest BCUT2D eigenvalue weighted by atomic mass is 10.1. The van der Waals surface area contributed by atoms with Gasteiger partial charge in [0.15, 0.2) is 5.16 Å². The van der Waals surface area contributed by atoms with Gasteiger partial charge in [-0.3, -0.25) is 14.7 Å². The van der Waals surface area contributed by atoms with E-state index < -0.39 is 6.03 Å². The Morgan fingerprint density at radius 1 is 1.10 bits per heavy atom. The van der Waals surface area contributed by atoms with E-state index >= 15 is 0 Å². The first-order valence-electron chi connectivity index (χ1n) is 9.79. The second kappa shape index (κ2) is 9.17. The zero-order valence-corrected chi connectivity index (χ0v) is 18.3. The van der Waals surface area contributed by atoms with Gasteiger partial charge >= 0.3 is 6.03 Å². The van der Waals surface area contributed by atoms with Crippen LogP contribution in [0.3, 0.4) is 0 Å². The van der Waals surface area contributed by atoms with Crippen LogP contribution in [0.2, 0.25) is 0 Å². The normalized spacial score (nSPS) is 16.5. The molecule has 2 aliphatic rings. The van der Waals surface area contributed by atoms with E-state index in [9.17, 15) is 9.59 Å². The van der Waals surface area contributed by atoms with Crippen molar-refractivity contribution < 1.29 is 9.59 Å². The third kappa shape index (κ3) is 5.30. The van der Waals surface area contributed by atoms with Gasteiger partial charge in [-0.2, -0.15) is 0 Å². The molecular formula is C19H23BrN6O2S. The number of nitrogens with zero attached hydrogens (tertiary/aromatic N) is 4. The lowest BCUT2D eigenvalue weighted by Crippen LogP contribution is -2.35. The minimum atomic E-state index is -0.546. The number of urea groups is 1. The minimum absolute atomic E-state index is 0.110. The molecule has 2 heterocycles. The number of thioether (sulfide) groups is 1. The van der Waals surface area contributed by atoms with Gasteiger partial charge in [0.05, 0.1) is 5.75 Å². The summed E-state index contributed by atoms with van der Waals surface area (Å²) in [5.41, 5.74) is 0.616. The van der Waals surface area contributed by atoms with Crippen molar-refractivity contribution in [3.05, 3.63) is 28.7 Å². The number of carbonyl (C=O) groups excluding carboxylic acids is 2. The Hall–Kier alpha value is -2.07. The van der Waals surface area contributed by atoms with Gasteiger partial charge in [-0.15, -0.1) is 10.2 Å². The van der Waals surface area contributed by atoms with Gasteiger partial charge < -0.3 is 10.2 Å². The fourth-order valence-corrected chi connectivity index (χ4v) is 4.38. The van der Waals surface area contributed by atoms with E-state index in [0.29, 0.717) is 11.7 Å². The van der Waals surface area contributed by atoms with Crippen LogP contribution in [0.1, 0.15) is 38.1 Å². The van der Waals surface area contributed by atoms with Gasteiger partial charge in [-0.25, -0.2) is 4.79 Å². The van der Waals surface area contributed by atoms with Gasteiger partial charge in [-0.1, -0.05) is 27.7 Å². The van der Waals surface area contributed by atoms with Crippen molar-refractivity contribution in [3.8, 4) is 0 Å². The second-order valence-corrected chi connectivity index (χ2v) is 9.09. The molecule has 10 heteroatoms. The zero-order valence-electron chi connectivity index (χ0n) is 15.9. The van der Waals surface area contributed by atoms with E-state index in [0.717, 1.165) is 41.5 Å². The molecule has 1 aromatic carbocycles. The van der Waals surface area contributed by atoms with Crippen molar-refractivity contribution >= 4 is 51.3 Å². The van der Waals surface area contributed by atoms with E-state index in [-0.39, 0.29) is 11.7 Å². The maximum absolute atomic E-state index is 12.2. The predicted octanol–water partition coefficient (Wildman–Crippen LogP) is 3.81. The topological polar surface area (TPSA) is 92.2 Å². The van der Waals surface area contributed by atoms with Gasteiger partial charge in [-0.05, 0) is 56.4 Å². The fourth-order valence-electron chi connectivity index (χ4n) is 3.32. The number of hydrogen-bond acceptors (Lipinski definition) is 6. The number of benzene rings is 1. The summed E-state index contributed by atoms with van der Waals surface area (Å²) in [5, 5.41) is 14.5. The van der Waals surface area contributed by atoms with Crippen molar-refractivity contribution in [2.45, 2.75) is 43.3 Å². The Balaban J connectivity index is 1.32. The summed E-state index contributed by atoms with van der Waals surface area (Å²) in [4.78, 5) is 26.5. The first kappa shape index (κ1) is 20.2. The molecule has 0 atom stereocenters. The van der Waals surface area contributed by atoms with Crippen molar-refractivity contribution in [3.63, 3.8) is 0 Å². The first-order chi connectivity index (χ1) is 14.1. The highest BCUT2D eigenvalue weighted by Gasteiger charge is 2.32. The molecule has 1 aliphatic carbocycles. The number of nitrogens with one attached hydrogen (secondary N) is 2. The van der Waals surface area contributed by atoms with E-state index in [1.54, 1.807) is 12.1 Å². The predicted molar refractivity (Wildman–Crippen MR) is 116 cm³/mol. The number of amides is 3. The minimum Gasteiger partial charge on any atom is -0.341 e. The lowest BCUT2D eigenvalue weighted by molar-refractivity contribution is -0.117.